The normalized spacial score (nSPS) is 22.5. The van der Waals surface area contributed by atoms with Gasteiger partial charge in [0.25, 0.3) is 11.8 Å². The van der Waals surface area contributed by atoms with Crippen LogP contribution < -0.4 is 20.4 Å². The minimum Gasteiger partial charge on any atom is -0.369 e. The van der Waals surface area contributed by atoms with Crippen molar-refractivity contribution < 1.29 is 9.59 Å². The number of anilines is 2. The highest BCUT2D eigenvalue weighted by Crippen LogP contribution is 2.36. The summed E-state index contributed by atoms with van der Waals surface area (Å²) in [5.74, 6) is 0.170. The van der Waals surface area contributed by atoms with Gasteiger partial charge < -0.3 is 25.3 Å². The van der Waals surface area contributed by atoms with E-state index in [2.05, 4.69) is 76.5 Å². The molecule has 2 amide bonds. The van der Waals surface area contributed by atoms with Crippen LogP contribution in [0, 0.1) is 12.8 Å². The number of nitrogens with zero attached hydrogens (tertiary/aromatic N) is 5. The van der Waals surface area contributed by atoms with Gasteiger partial charge in [0.2, 0.25) is 0 Å². The van der Waals surface area contributed by atoms with Gasteiger partial charge in [0.15, 0.2) is 0 Å². The Morgan fingerprint density at radius 3 is 2.34 bits per heavy atom. The molecule has 1 saturated heterocycles. The smallest absolute Gasteiger partial charge is 0.254 e. The first-order valence-electron chi connectivity index (χ1n) is 16.2. The lowest BCUT2D eigenvalue weighted by Crippen LogP contribution is -2.43. The summed E-state index contributed by atoms with van der Waals surface area (Å²) in [6.45, 7) is 12.9. The number of hydrogen-bond acceptors (Lipinski definition) is 7. The third-order valence-corrected chi connectivity index (χ3v) is 9.67. The van der Waals surface area contributed by atoms with Crippen molar-refractivity contribution in [1.82, 2.24) is 20.5 Å². The molecule has 236 valence electrons. The molecule has 0 bridgehead atoms. The van der Waals surface area contributed by atoms with Crippen molar-refractivity contribution >= 4 is 29.0 Å². The van der Waals surface area contributed by atoms with Gasteiger partial charge in [-0.1, -0.05) is 5.57 Å². The lowest BCUT2D eigenvalue weighted by atomic mass is 9.88. The second-order valence-electron chi connectivity index (χ2n) is 12.8. The van der Waals surface area contributed by atoms with Gasteiger partial charge in [-0.15, -0.1) is 0 Å². The van der Waals surface area contributed by atoms with Crippen molar-refractivity contribution in [1.29, 1.82) is 0 Å². The van der Waals surface area contributed by atoms with Gasteiger partial charge in [-0.3, -0.25) is 9.59 Å². The van der Waals surface area contributed by atoms with Crippen LogP contribution in [0.5, 0.6) is 0 Å². The molecule has 1 aromatic heterocycles. The van der Waals surface area contributed by atoms with E-state index in [4.69, 9.17) is 4.98 Å². The number of rotatable bonds is 9. The number of carbonyl (C=O) groups is 2. The molecule has 44 heavy (non-hydrogen) atoms. The number of aliphatic imine (C=N–C) groups is 1. The highest BCUT2D eigenvalue weighted by atomic mass is 16.2. The quantitative estimate of drug-likeness (QED) is 0.440. The number of hydrogen-bond donors (Lipinski definition) is 2. The number of aromatic nitrogens is 1. The molecule has 0 radical (unpaired) electrons. The molecule has 9 heteroatoms. The average molecular weight is 600 g/mol. The lowest BCUT2D eigenvalue weighted by Gasteiger charge is -2.40. The van der Waals surface area contributed by atoms with Crippen LogP contribution in [0.3, 0.4) is 0 Å². The van der Waals surface area contributed by atoms with E-state index in [0.717, 1.165) is 79.3 Å². The molecule has 5 rings (SSSR count). The number of allylic oxidation sites excluding steroid dienone is 1. The number of dihydropyridines is 1. The SMILES string of the molecule is CCN(c1cc(-c2ccc(N3CCNCC3)nc2)cc(C(=O)NCC2C(=O)N=C(C)C=C2C)c1C)C1CCC(N(C)C)CC1. The van der Waals surface area contributed by atoms with E-state index < -0.39 is 5.92 Å². The van der Waals surface area contributed by atoms with E-state index in [9.17, 15) is 9.59 Å². The Labute approximate surface area is 262 Å². The summed E-state index contributed by atoms with van der Waals surface area (Å²) >= 11 is 0. The third-order valence-electron chi connectivity index (χ3n) is 9.67. The molecule has 1 atom stereocenters. The number of benzene rings is 1. The molecule has 9 nitrogen and oxygen atoms in total. The van der Waals surface area contributed by atoms with Gasteiger partial charge in [0.05, 0.1) is 5.92 Å². The van der Waals surface area contributed by atoms with Gasteiger partial charge in [0, 0.05) is 80.1 Å². The van der Waals surface area contributed by atoms with Crippen LogP contribution in [0.25, 0.3) is 11.1 Å². The Hall–Kier alpha value is -3.56. The number of nitrogens with one attached hydrogen (secondary N) is 2. The van der Waals surface area contributed by atoms with E-state index in [0.29, 0.717) is 23.4 Å². The second kappa shape index (κ2) is 14.0. The molecule has 1 saturated carbocycles. The van der Waals surface area contributed by atoms with Crippen molar-refractivity contribution in [2.45, 2.75) is 65.5 Å². The Morgan fingerprint density at radius 1 is 1.02 bits per heavy atom. The maximum atomic E-state index is 13.9. The number of pyridine rings is 1. The minimum atomic E-state index is -0.439. The second-order valence-corrected chi connectivity index (χ2v) is 12.8. The molecule has 1 aromatic carbocycles. The van der Waals surface area contributed by atoms with Crippen LogP contribution in [0.1, 0.15) is 62.4 Å². The molecule has 2 aromatic rings. The Balaban J connectivity index is 1.46. The zero-order valence-electron chi connectivity index (χ0n) is 27.3. The van der Waals surface area contributed by atoms with Crippen molar-refractivity contribution in [3.63, 3.8) is 0 Å². The fourth-order valence-electron chi connectivity index (χ4n) is 7.00. The first kappa shape index (κ1) is 31.9. The number of piperazine rings is 1. The van der Waals surface area contributed by atoms with E-state index in [1.807, 2.05) is 32.2 Å². The predicted molar refractivity (Wildman–Crippen MR) is 180 cm³/mol. The molecule has 2 fully saturated rings. The van der Waals surface area contributed by atoms with Gasteiger partial charge in [0.1, 0.15) is 5.82 Å². The fraction of sp³-hybridized carbons (Fsp3) is 0.543. The van der Waals surface area contributed by atoms with Gasteiger partial charge in [-0.25, -0.2) is 9.98 Å². The molecule has 1 unspecified atom stereocenters. The standard InChI is InChI=1S/C35H49N7O2/c1-7-42(29-11-9-28(10-12-29)40(5)6)32-20-27(26-8-13-33(37-21-26)41-16-14-36-15-17-41)19-30(25(32)4)34(43)38-22-31-23(2)18-24(3)39-35(31)44/h8,13,18-21,28-29,31,36H,7,9-12,14-17,22H2,1-6H3,(H,38,43). The summed E-state index contributed by atoms with van der Waals surface area (Å²) in [7, 11) is 4.35. The molecule has 3 heterocycles. The van der Waals surface area contributed by atoms with Crippen LogP contribution in [-0.4, -0.2) is 92.9 Å². The van der Waals surface area contributed by atoms with Crippen molar-refractivity contribution in [2.24, 2.45) is 10.9 Å². The van der Waals surface area contributed by atoms with Crippen molar-refractivity contribution in [3.8, 4) is 11.1 Å². The molecule has 2 N–H and O–H groups in total. The average Bonchev–Trinajstić information content (AvgIpc) is 3.02. The molecule has 3 aliphatic rings. The Morgan fingerprint density at radius 2 is 1.73 bits per heavy atom. The Kier molecular flexibility index (Phi) is 10.2. The topological polar surface area (TPSA) is 93.2 Å². The van der Waals surface area contributed by atoms with Gasteiger partial charge in [-0.2, -0.15) is 0 Å². The molecular weight excluding hydrogens is 550 g/mol. The summed E-state index contributed by atoms with van der Waals surface area (Å²) in [4.78, 5) is 42.6. The maximum absolute atomic E-state index is 13.9. The fourth-order valence-corrected chi connectivity index (χ4v) is 7.00. The zero-order chi connectivity index (χ0) is 31.4. The van der Waals surface area contributed by atoms with Crippen LogP contribution in [0.15, 0.2) is 47.1 Å². The minimum absolute atomic E-state index is 0.171. The first-order valence-corrected chi connectivity index (χ1v) is 16.2. The van der Waals surface area contributed by atoms with Gasteiger partial charge >= 0.3 is 0 Å². The zero-order valence-corrected chi connectivity index (χ0v) is 27.3. The monoisotopic (exact) mass is 599 g/mol. The maximum Gasteiger partial charge on any atom is 0.254 e. The highest BCUT2D eigenvalue weighted by molar-refractivity contribution is 6.06. The van der Waals surface area contributed by atoms with Crippen LogP contribution in [0.2, 0.25) is 0 Å². The summed E-state index contributed by atoms with van der Waals surface area (Å²) in [5.41, 5.74) is 6.28. The van der Waals surface area contributed by atoms with E-state index >= 15 is 0 Å². The number of amides is 2. The Bertz CT molecular complexity index is 1400. The largest absolute Gasteiger partial charge is 0.369 e. The summed E-state index contributed by atoms with van der Waals surface area (Å²) in [5, 5.41) is 6.47. The molecular formula is C35H49N7O2. The van der Waals surface area contributed by atoms with E-state index in [-0.39, 0.29) is 18.4 Å². The van der Waals surface area contributed by atoms with Gasteiger partial charge in [-0.05, 0) is 109 Å². The van der Waals surface area contributed by atoms with E-state index in [1.54, 1.807) is 0 Å². The highest BCUT2D eigenvalue weighted by Gasteiger charge is 2.29. The van der Waals surface area contributed by atoms with Crippen LogP contribution in [0.4, 0.5) is 11.5 Å². The predicted octanol–water partition coefficient (Wildman–Crippen LogP) is 4.46. The molecule has 1 aliphatic carbocycles. The van der Waals surface area contributed by atoms with Crippen molar-refractivity contribution in [2.75, 3.05) is 63.2 Å². The van der Waals surface area contributed by atoms with E-state index in [1.165, 1.54) is 12.8 Å². The third kappa shape index (κ3) is 7.05. The molecule has 2 aliphatic heterocycles. The van der Waals surface area contributed by atoms with Crippen LogP contribution >= 0.6 is 0 Å². The van der Waals surface area contributed by atoms with Crippen molar-refractivity contribution in [3.05, 3.63) is 53.2 Å². The number of carbonyl (C=O) groups excluding carboxylic acids is 2. The lowest BCUT2D eigenvalue weighted by molar-refractivity contribution is -0.120. The van der Waals surface area contributed by atoms with Crippen LogP contribution in [-0.2, 0) is 4.79 Å². The molecule has 0 spiro atoms. The first-order chi connectivity index (χ1) is 21.2. The summed E-state index contributed by atoms with van der Waals surface area (Å²) < 4.78 is 0. The summed E-state index contributed by atoms with van der Waals surface area (Å²) in [6, 6.07) is 9.47. The summed E-state index contributed by atoms with van der Waals surface area (Å²) in [6.07, 6.45) is 8.44.